The summed E-state index contributed by atoms with van der Waals surface area (Å²) >= 11 is 0. The number of carbonyl (C=O) groups is 1. The van der Waals surface area contributed by atoms with E-state index < -0.39 is 49.1 Å². The minimum atomic E-state index is -1.46. The summed E-state index contributed by atoms with van der Waals surface area (Å²) < 4.78 is 19.0. The van der Waals surface area contributed by atoms with Crippen LogP contribution in [0.25, 0.3) is 11.1 Å². The van der Waals surface area contributed by atoms with Crippen LogP contribution in [0.5, 0.6) is 5.75 Å². The van der Waals surface area contributed by atoms with Gasteiger partial charge in [0.15, 0.2) is 0 Å². The molecule has 0 bridgehead atoms. The lowest BCUT2D eigenvalue weighted by molar-refractivity contribution is -0.231. The van der Waals surface area contributed by atoms with Crippen LogP contribution >= 0.6 is 0 Å². The number of amides is 1. The Morgan fingerprint density at radius 3 is 1.96 bits per heavy atom. The van der Waals surface area contributed by atoms with Crippen LogP contribution in [0.15, 0.2) is 97.1 Å². The number of hydrogen-bond donors (Lipinski definition) is 6. The van der Waals surface area contributed by atoms with Crippen LogP contribution < -0.4 is 4.90 Å². The van der Waals surface area contributed by atoms with Gasteiger partial charge in [0.05, 0.1) is 24.7 Å². The Balaban J connectivity index is 1.18. The number of benzene rings is 4. The molecule has 0 radical (unpaired) electrons. The molecule has 1 amide bonds. The molecule has 2 saturated heterocycles. The highest BCUT2D eigenvalue weighted by Crippen LogP contribution is 2.47. The van der Waals surface area contributed by atoms with Gasteiger partial charge >= 0.3 is 0 Å². The molecule has 46 heavy (non-hydrogen) atoms. The third-order valence-corrected chi connectivity index (χ3v) is 9.06. The summed E-state index contributed by atoms with van der Waals surface area (Å²) in [5, 5.41) is 60.7. The average Bonchev–Trinajstić information content (AvgIpc) is 3.07. The number of anilines is 1. The predicted octanol–water partition coefficient (Wildman–Crippen LogP) is 3.93. The van der Waals surface area contributed by atoms with Gasteiger partial charge in [-0.05, 0) is 77.1 Å². The topological polar surface area (TPSA) is 151 Å². The lowest BCUT2D eigenvalue weighted by atomic mass is 9.78. The van der Waals surface area contributed by atoms with Crippen LogP contribution in [0.3, 0.4) is 0 Å². The molecule has 3 unspecified atom stereocenters. The Bertz CT molecular complexity index is 1630. The van der Waals surface area contributed by atoms with E-state index in [-0.39, 0.29) is 23.5 Å². The van der Waals surface area contributed by atoms with Crippen molar-refractivity contribution in [1.82, 2.24) is 0 Å². The van der Waals surface area contributed by atoms with Crippen LogP contribution in [0.4, 0.5) is 10.1 Å². The number of rotatable bonds is 9. The molecule has 2 heterocycles. The van der Waals surface area contributed by atoms with E-state index in [0.717, 1.165) is 16.7 Å². The average molecular weight is 630 g/mol. The number of hydrogen-bond acceptors (Lipinski definition) is 8. The van der Waals surface area contributed by atoms with Gasteiger partial charge in [-0.2, -0.15) is 0 Å². The van der Waals surface area contributed by atoms with E-state index in [1.165, 1.54) is 24.3 Å². The second kappa shape index (κ2) is 13.3. The summed E-state index contributed by atoms with van der Waals surface area (Å²) in [6.45, 7) is -0.502. The van der Waals surface area contributed by atoms with Gasteiger partial charge in [-0.1, -0.05) is 60.7 Å². The number of nitrogens with zero attached hydrogens (tertiary/aromatic N) is 1. The monoisotopic (exact) mass is 629 g/mol. The number of phenols is 1. The Morgan fingerprint density at radius 1 is 0.761 bits per heavy atom. The third kappa shape index (κ3) is 6.15. The minimum Gasteiger partial charge on any atom is -0.508 e. The number of aliphatic hydroxyl groups excluding tert-OH is 5. The van der Waals surface area contributed by atoms with E-state index in [1.807, 2.05) is 36.4 Å². The molecule has 4 aromatic carbocycles. The van der Waals surface area contributed by atoms with Crippen LogP contribution in [0, 0.1) is 11.7 Å². The molecular formula is C36H36FNO8. The summed E-state index contributed by atoms with van der Waals surface area (Å²) in [5.74, 6) is -0.745. The lowest BCUT2D eigenvalue weighted by Crippen LogP contribution is -2.55. The Labute approximate surface area is 265 Å². The van der Waals surface area contributed by atoms with E-state index in [2.05, 4.69) is 0 Å². The van der Waals surface area contributed by atoms with Crippen LogP contribution in [-0.4, -0.2) is 67.6 Å². The Morgan fingerprint density at radius 2 is 1.35 bits per heavy atom. The number of aliphatic hydroxyl groups is 5. The molecule has 6 N–H and O–H groups in total. The number of carbonyl (C=O) groups excluding carboxylic acids is 1. The number of aromatic hydroxyl groups is 1. The maximum Gasteiger partial charge on any atom is 0.233 e. The van der Waals surface area contributed by atoms with Crippen molar-refractivity contribution in [3.63, 3.8) is 0 Å². The lowest BCUT2D eigenvalue weighted by Gasteiger charge is -2.48. The molecule has 9 nitrogen and oxygen atoms in total. The van der Waals surface area contributed by atoms with E-state index in [4.69, 9.17) is 4.74 Å². The fraction of sp³-hybridized carbons (Fsp3) is 0.306. The number of phenolic OH excluding ortho intramolecular Hbond substituents is 1. The number of β-lactam (4-membered cyclic amide) rings is 1. The molecule has 4 aromatic rings. The zero-order valence-electron chi connectivity index (χ0n) is 24.8. The minimum absolute atomic E-state index is 0.0824. The van der Waals surface area contributed by atoms with Crippen molar-refractivity contribution in [2.75, 3.05) is 11.5 Å². The van der Waals surface area contributed by atoms with Gasteiger partial charge in [0.1, 0.15) is 42.1 Å². The molecule has 2 aliphatic heterocycles. The molecular weight excluding hydrogens is 593 g/mol. The van der Waals surface area contributed by atoms with Crippen molar-refractivity contribution >= 4 is 11.6 Å². The largest absolute Gasteiger partial charge is 0.508 e. The molecule has 2 fully saturated rings. The second-order valence-corrected chi connectivity index (χ2v) is 11.9. The molecule has 6 rings (SSSR count). The highest BCUT2D eigenvalue weighted by atomic mass is 19.1. The van der Waals surface area contributed by atoms with Crippen LogP contribution in [-0.2, 0) is 9.53 Å². The van der Waals surface area contributed by atoms with E-state index in [0.29, 0.717) is 29.7 Å². The summed E-state index contributed by atoms with van der Waals surface area (Å²) in [5.41, 5.74) is 4.44. The van der Waals surface area contributed by atoms with E-state index in [9.17, 15) is 39.8 Å². The Hall–Kier alpha value is -4.16. The van der Waals surface area contributed by atoms with Gasteiger partial charge in [0.25, 0.3) is 0 Å². The quantitative estimate of drug-likeness (QED) is 0.153. The third-order valence-electron chi connectivity index (χ3n) is 9.06. The predicted molar refractivity (Wildman–Crippen MR) is 167 cm³/mol. The second-order valence-electron chi connectivity index (χ2n) is 11.9. The number of ether oxygens (including phenoxy) is 1. The molecule has 2 aliphatic rings. The van der Waals surface area contributed by atoms with E-state index in [1.54, 1.807) is 41.3 Å². The zero-order chi connectivity index (χ0) is 32.5. The maximum atomic E-state index is 13.5. The highest BCUT2D eigenvalue weighted by Gasteiger charge is 2.48. The summed E-state index contributed by atoms with van der Waals surface area (Å²) in [4.78, 5) is 15.2. The van der Waals surface area contributed by atoms with Crippen molar-refractivity contribution in [2.45, 2.75) is 55.5 Å². The van der Waals surface area contributed by atoms with Gasteiger partial charge in [-0.3, -0.25) is 4.79 Å². The van der Waals surface area contributed by atoms with Crippen molar-refractivity contribution < 1.29 is 44.6 Å². The molecule has 0 aromatic heterocycles. The molecule has 8 atom stereocenters. The molecule has 240 valence electrons. The first kappa shape index (κ1) is 31.8. The first-order valence-electron chi connectivity index (χ1n) is 15.2. The molecule has 0 spiro atoms. The van der Waals surface area contributed by atoms with Gasteiger partial charge in [-0.25, -0.2) is 4.39 Å². The summed E-state index contributed by atoms with van der Waals surface area (Å²) in [7, 11) is 0. The van der Waals surface area contributed by atoms with Crippen molar-refractivity contribution in [3.8, 4) is 16.9 Å². The molecule has 0 saturated carbocycles. The fourth-order valence-electron chi connectivity index (χ4n) is 6.42. The van der Waals surface area contributed by atoms with Crippen LogP contribution in [0.2, 0.25) is 0 Å². The van der Waals surface area contributed by atoms with Gasteiger partial charge in [0, 0.05) is 5.69 Å². The maximum absolute atomic E-state index is 13.5. The SMILES string of the molecule is O=C1[C@H](CC[C@H](O)c2ccc(F)cc2)[C@@H](c2ccc(O)cc2)N1c1ccc(-c2ccc([C@@H]3OC(CO)[C@@H](O)C(O)C3O)cc2)cc1. The van der Waals surface area contributed by atoms with Crippen molar-refractivity contribution in [1.29, 1.82) is 0 Å². The normalized spacial score (nSPS) is 26.9. The Kier molecular flexibility index (Phi) is 9.19. The van der Waals surface area contributed by atoms with Gasteiger partial charge in [0.2, 0.25) is 5.91 Å². The van der Waals surface area contributed by atoms with Gasteiger partial charge in [-0.15, -0.1) is 0 Å². The number of halogens is 1. The standard InChI is InChI=1S/C36H36FNO8/c37-25-11-5-22(6-12-25)29(41)18-17-28-31(23-9-15-27(40)16-10-23)38(36(28)45)26-13-7-21(8-14-26)20-1-3-24(4-2-20)35-34(44)33(43)32(42)30(19-39)46-35/h1-16,28-35,39-44H,17-19H2/t28-,29+,30?,31-,32-,33?,34?,35+/m1/s1. The van der Waals surface area contributed by atoms with Crippen molar-refractivity contribution in [3.05, 3.63) is 120 Å². The van der Waals surface area contributed by atoms with E-state index >= 15 is 0 Å². The fourth-order valence-corrected chi connectivity index (χ4v) is 6.42. The van der Waals surface area contributed by atoms with Crippen LogP contribution in [0.1, 0.15) is 47.8 Å². The first-order valence-corrected chi connectivity index (χ1v) is 15.2. The van der Waals surface area contributed by atoms with Crippen molar-refractivity contribution in [2.24, 2.45) is 5.92 Å². The molecule has 10 heteroatoms. The summed E-state index contributed by atoms with van der Waals surface area (Å²) in [6.07, 6.45) is -6.28. The van der Waals surface area contributed by atoms with Gasteiger partial charge < -0.3 is 40.3 Å². The highest BCUT2D eigenvalue weighted by molar-refractivity contribution is 6.03. The smallest absolute Gasteiger partial charge is 0.233 e. The zero-order valence-corrected chi connectivity index (χ0v) is 24.8. The summed E-state index contributed by atoms with van der Waals surface area (Å²) in [6, 6.07) is 26.8. The molecule has 0 aliphatic carbocycles. The first-order chi connectivity index (χ1) is 22.2.